The zero-order valence-electron chi connectivity index (χ0n) is 10.5. The van der Waals surface area contributed by atoms with E-state index in [2.05, 4.69) is 15.9 Å². The van der Waals surface area contributed by atoms with Gasteiger partial charge in [0.15, 0.2) is 9.84 Å². The molecule has 0 saturated heterocycles. The van der Waals surface area contributed by atoms with Crippen LogP contribution in [-0.2, 0) is 15.2 Å². The first-order valence-electron chi connectivity index (χ1n) is 5.58. The SMILES string of the molecule is CCS(=O)(=O)CCOc1ccc(OC)cc1CBr. The summed E-state index contributed by atoms with van der Waals surface area (Å²) in [5, 5.41) is 0.625. The number of halogens is 1. The zero-order chi connectivity index (χ0) is 13.6. The number of alkyl halides is 1. The van der Waals surface area contributed by atoms with E-state index >= 15 is 0 Å². The molecule has 1 aromatic carbocycles. The molecule has 6 heteroatoms. The average Bonchev–Trinajstić information content (AvgIpc) is 2.38. The lowest BCUT2D eigenvalue weighted by Crippen LogP contribution is -2.16. The van der Waals surface area contributed by atoms with Crippen LogP contribution in [0.4, 0.5) is 0 Å². The number of sulfone groups is 1. The van der Waals surface area contributed by atoms with Crippen LogP contribution in [0.15, 0.2) is 18.2 Å². The van der Waals surface area contributed by atoms with Gasteiger partial charge in [0.05, 0.1) is 12.9 Å². The van der Waals surface area contributed by atoms with Crippen molar-refractivity contribution in [2.45, 2.75) is 12.3 Å². The minimum Gasteiger partial charge on any atom is -0.497 e. The first-order valence-corrected chi connectivity index (χ1v) is 8.52. The highest BCUT2D eigenvalue weighted by Gasteiger charge is 2.09. The lowest BCUT2D eigenvalue weighted by atomic mass is 10.2. The molecule has 0 aliphatic heterocycles. The molecule has 1 rings (SSSR count). The van der Waals surface area contributed by atoms with E-state index in [9.17, 15) is 8.42 Å². The normalized spacial score (nSPS) is 11.3. The quantitative estimate of drug-likeness (QED) is 0.717. The van der Waals surface area contributed by atoms with Gasteiger partial charge in [0, 0.05) is 16.6 Å². The molecule has 0 aliphatic carbocycles. The van der Waals surface area contributed by atoms with Crippen LogP contribution in [0.25, 0.3) is 0 Å². The molecule has 0 heterocycles. The molecule has 0 radical (unpaired) electrons. The number of benzene rings is 1. The van der Waals surface area contributed by atoms with Crippen LogP contribution in [0.2, 0.25) is 0 Å². The van der Waals surface area contributed by atoms with Crippen molar-refractivity contribution >= 4 is 25.8 Å². The summed E-state index contributed by atoms with van der Waals surface area (Å²) in [5.41, 5.74) is 0.934. The van der Waals surface area contributed by atoms with Crippen LogP contribution in [0.1, 0.15) is 12.5 Å². The Morgan fingerprint density at radius 2 is 2.06 bits per heavy atom. The summed E-state index contributed by atoms with van der Waals surface area (Å²) in [5.74, 6) is 1.61. The standard InChI is InChI=1S/C12H17BrO4S/c1-3-18(14,15)7-6-17-12-5-4-11(16-2)8-10(12)9-13/h4-5,8H,3,6-7,9H2,1-2H3. The van der Waals surface area contributed by atoms with E-state index in [1.54, 1.807) is 26.2 Å². The second-order valence-corrected chi connectivity index (χ2v) is 6.73. The Balaban J connectivity index is 2.67. The third-order valence-electron chi connectivity index (χ3n) is 2.50. The molecular formula is C12H17BrO4S. The van der Waals surface area contributed by atoms with Gasteiger partial charge in [-0.1, -0.05) is 22.9 Å². The van der Waals surface area contributed by atoms with Crippen molar-refractivity contribution < 1.29 is 17.9 Å². The van der Waals surface area contributed by atoms with Crippen LogP contribution >= 0.6 is 15.9 Å². The van der Waals surface area contributed by atoms with Gasteiger partial charge in [0.1, 0.15) is 18.1 Å². The number of hydrogen-bond donors (Lipinski definition) is 0. The Bertz CT molecular complexity index is 485. The third-order valence-corrected chi connectivity index (χ3v) is 4.78. The van der Waals surface area contributed by atoms with Gasteiger partial charge in [-0.3, -0.25) is 0 Å². The summed E-state index contributed by atoms with van der Waals surface area (Å²) >= 11 is 3.36. The van der Waals surface area contributed by atoms with Crippen LogP contribution in [0, 0.1) is 0 Å². The zero-order valence-corrected chi connectivity index (χ0v) is 12.9. The fraction of sp³-hybridized carbons (Fsp3) is 0.500. The molecule has 1 aromatic rings. The molecule has 0 unspecified atom stereocenters. The van der Waals surface area contributed by atoms with E-state index in [1.807, 2.05) is 6.07 Å². The summed E-state index contributed by atoms with van der Waals surface area (Å²) in [7, 11) is -1.38. The highest BCUT2D eigenvalue weighted by molar-refractivity contribution is 9.08. The van der Waals surface area contributed by atoms with Gasteiger partial charge < -0.3 is 9.47 Å². The van der Waals surface area contributed by atoms with Gasteiger partial charge in [-0.05, 0) is 18.2 Å². The second-order valence-electron chi connectivity index (χ2n) is 3.69. The van der Waals surface area contributed by atoms with Gasteiger partial charge in [-0.25, -0.2) is 8.42 Å². The van der Waals surface area contributed by atoms with E-state index in [4.69, 9.17) is 9.47 Å². The maximum absolute atomic E-state index is 11.3. The first kappa shape index (κ1) is 15.3. The summed E-state index contributed by atoms with van der Waals surface area (Å²) < 4.78 is 33.3. The molecular weight excluding hydrogens is 320 g/mol. The monoisotopic (exact) mass is 336 g/mol. The summed E-state index contributed by atoms with van der Waals surface area (Å²) in [6.45, 7) is 1.80. The molecule has 4 nitrogen and oxygen atoms in total. The van der Waals surface area contributed by atoms with Gasteiger partial charge in [-0.15, -0.1) is 0 Å². The smallest absolute Gasteiger partial charge is 0.153 e. The Labute approximate surface area is 116 Å². The molecule has 18 heavy (non-hydrogen) atoms. The number of methoxy groups -OCH3 is 1. The van der Waals surface area contributed by atoms with Gasteiger partial charge in [0.25, 0.3) is 0 Å². The molecule has 0 atom stereocenters. The Morgan fingerprint density at radius 1 is 1.33 bits per heavy atom. The highest BCUT2D eigenvalue weighted by Crippen LogP contribution is 2.26. The van der Waals surface area contributed by atoms with Crippen molar-refractivity contribution in [2.24, 2.45) is 0 Å². The topological polar surface area (TPSA) is 52.6 Å². The fourth-order valence-corrected chi connectivity index (χ4v) is 2.42. The Morgan fingerprint density at radius 3 is 2.61 bits per heavy atom. The van der Waals surface area contributed by atoms with E-state index in [0.717, 1.165) is 11.3 Å². The number of rotatable bonds is 7. The minimum absolute atomic E-state index is 0.0389. The number of hydrogen-bond acceptors (Lipinski definition) is 4. The van der Waals surface area contributed by atoms with E-state index < -0.39 is 9.84 Å². The van der Waals surface area contributed by atoms with Crippen LogP contribution < -0.4 is 9.47 Å². The van der Waals surface area contributed by atoms with Gasteiger partial charge in [-0.2, -0.15) is 0 Å². The average molecular weight is 337 g/mol. The number of ether oxygens (including phenoxy) is 2. The van der Waals surface area contributed by atoms with Crippen molar-refractivity contribution in [3.8, 4) is 11.5 Å². The molecule has 0 N–H and O–H groups in total. The predicted molar refractivity (Wildman–Crippen MR) is 75.4 cm³/mol. The van der Waals surface area contributed by atoms with E-state index in [-0.39, 0.29) is 18.1 Å². The highest BCUT2D eigenvalue weighted by atomic mass is 79.9. The molecule has 0 fully saturated rings. The van der Waals surface area contributed by atoms with Crippen molar-refractivity contribution in [2.75, 3.05) is 25.2 Å². The largest absolute Gasteiger partial charge is 0.497 e. The maximum atomic E-state index is 11.3. The van der Waals surface area contributed by atoms with Crippen molar-refractivity contribution in [3.63, 3.8) is 0 Å². The Hall–Kier alpha value is -0.750. The predicted octanol–water partition coefficient (Wildman–Crippen LogP) is 2.40. The molecule has 0 amide bonds. The van der Waals surface area contributed by atoms with Crippen LogP contribution in [-0.4, -0.2) is 33.6 Å². The second kappa shape index (κ2) is 6.99. The summed E-state index contributed by atoms with van der Waals surface area (Å²) in [6.07, 6.45) is 0. The molecule has 0 aromatic heterocycles. The molecule has 0 bridgehead atoms. The van der Waals surface area contributed by atoms with Crippen LogP contribution in [0.3, 0.4) is 0 Å². The molecule has 0 saturated carbocycles. The Kier molecular flexibility index (Phi) is 5.95. The molecule has 0 aliphatic rings. The maximum Gasteiger partial charge on any atom is 0.153 e. The van der Waals surface area contributed by atoms with Crippen molar-refractivity contribution in [1.82, 2.24) is 0 Å². The third kappa shape index (κ3) is 4.49. The first-order chi connectivity index (χ1) is 8.52. The lowest BCUT2D eigenvalue weighted by molar-refractivity contribution is 0.337. The minimum atomic E-state index is -2.98. The van der Waals surface area contributed by atoms with E-state index in [1.165, 1.54) is 0 Å². The van der Waals surface area contributed by atoms with Gasteiger partial charge >= 0.3 is 0 Å². The molecule has 0 spiro atoms. The van der Waals surface area contributed by atoms with E-state index in [0.29, 0.717) is 11.1 Å². The summed E-state index contributed by atoms with van der Waals surface area (Å²) in [6, 6.07) is 5.43. The summed E-state index contributed by atoms with van der Waals surface area (Å²) in [4.78, 5) is 0. The van der Waals surface area contributed by atoms with Crippen LogP contribution in [0.5, 0.6) is 11.5 Å². The molecule has 102 valence electrons. The van der Waals surface area contributed by atoms with Gasteiger partial charge in [0.2, 0.25) is 0 Å². The van der Waals surface area contributed by atoms with Crippen molar-refractivity contribution in [1.29, 1.82) is 0 Å². The van der Waals surface area contributed by atoms with Crippen molar-refractivity contribution in [3.05, 3.63) is 23.8 Å². The fourth-order valence-electron chi connectivity index (χ4n) is 1.35. The lowest BCUT2D eigenvalue weighted by Gasteiger charge is -2.11.